The predicted octanol–water partition coefficient (Wildman–Crippen LogP) is 0.907. The van der Waals surface area contributed by atoms with E-state index in [0.29, 0.717) is 24.2 Å². The van der Waals surface area contributed by atoms with E-state index in [4.69, 9.17) is 5.26 Å². The summed E-state index contributed by atoms with van der Waals surface area (Å²) in [4.78, 5) is 26.6. The van der Waals surface area contributed by atoms with E-state index < -0.39 is 0 Å². The summed E-state index contributed by atoms with van der Waals surface area (Å²) in [6.45, 7) is 0.791. The molecule has 1 aromatic carbocycles. The van der Waals surface area contributed by atoms with E-state index in [1.807, 2.05) is 6.07 Å². The molecular weight excluding hydrogens is 268 g/mol. The second-order valence-corrected chi connectivity index (χ2v) is 5.01. The number of hydrogen-bond donors (Lipinski definition) is 1. The minimum Gasteiger partial charge on any atom is -0.348 e. The molecule has 0 unspecified atom stereocenters. The molecule has 1 N–H and O–H groups in total. The first-order chi connectivity index (χ1) is 9.92. The lowest BCUT2D eigenvalue weighted by Gasteiger charge is -2.18. The molecule has 1 rings (SSSR count). The highest BCUT2D eigenvalue weighted by atomic mass is 16.2. The maximum absolute atomic E-state index is 11.8. The lowest BCUT2D eigenvalue weighted by atomic mass is 10.2. The lowest BCUT2D eigenvalue weighted by molar-refractivity contribution is -0.130. The summed E-state index contributed by atoms with van der Waals surface area (Å²) >= 11 is 0. The fraction of sp³-hybridized carbons (Fsp3) is 0.400. The molecule has 0 aliphatic carbocycles. The number of nitriles is 1. The van der Waals surface area contributed by atoms with E-state index in [0.717, 1.165) is 0 Å². The molecule has 0 spiro atoms. The zero-order chi connectivity index (χ0) is 15.8. The van der Waals surface area contributed by atoms with E-state index in [1.165, 1.54) is 4.90 Å². The van der Waals surface area contributed by atoms with Crippen LogP contribution >= 0.6 is 0 Å². The second kappa shape index (κ2) is 8.02. The number of benzene rings is 1. The van der Waals surface area contributed by atoms with Crippen LogP contribution in [-0.2, 0) is 9.59 Å². The standard InChI is InChI=1S/C15H20N4O2/c1-18(2)15(21)11-19(3)9-8-14(20)17-13-6-4-12(10-16)5-7-13/h4-7H,8-9,11H2,1-3H3,(H,17,20). The van der Waals surface area contributed by atoms with Gasteiger partial charge in [0.1, 0.15) is 0 Å². The number of nitrogens with one attached hydrogen (secondary N) is 1. The minimum atomic E-state index is -0.121. The molecule has 6 nitrogen and oxygen atoms in total. The summed E-state index contributed by atoms with van der Waals surface area (Å²) in [5.41, 5.74) is 1.21. The van der Waals surface area contributed by atoms with E-state index in [9.17, 15) is 9.59 Å². The Balaban J connectivity index is 2.36. The predicted molar refractivity (Wildman–Crippen MR) is 80.6 cm³/mol. The Morgan fingerprint density at radius 3 is 2.33 bits per heavy atom. The third-order valence-corrected chi connectivity index (χ3v) is 2.92. The van der Waals surface area contributed by atoms with Crippen molar-refractivity contribution in [1.29, 1.82) is 5.26 Å². The molecule has 0 saturated carbocycles. The molecule has 0 aliphatic rings. The number of likely N-dealkylation sites (N-methyl/N-ethyl adjacent to an activating group) is 2. The Morgan fingerprint density at radius 2 is 1.81 bits per heavy atom. The van der Waals surface area contributed by atoms with Crippen LogP contribution in [0.1, 0.15) is 12.0 Å². The van der Waals surface area contributed by atoms with E-state index >= 15 is 0 Å². The highest BCUT2D eigenvalue weighted by Crippen LogP contribution is 2.09. The molecule has 0 bridgehead atoms. The van der Waals surface area contributed by atoms with Crippen LogP contribution in [0.25, 0.3) is 0 Å². The van der Waals surface area contributed by atoms with Gasteiger partial charge in [-0.2, -0.15) is 5.26 Å². The molecule has 0 heterocycles. The Kier molecular flexibility index (Phi) is 6.37. The summed E-state index contributed by atoms with van der Waals surface area (Å²) < 4.78 is 0. The van der Waals surface area contributed by atoms with E-state index in [2.05, 4.69) is 5.32 Å². The van der Waals surface area contributed by atoms with Crippen molar-refractivity contribution in [3.63, 3.8) is 0 Å². The van der Waals surface area contributed by atoms with Crippen LogP contribution in [0.15, 0.2) is 24.3 Å². The lowest BCUT2D eigenvalue weighted by Crippen LogP contribution is -2.35. The van der Waals surface area contributed by atoms with Crippen molar-refractivity contribution in [3.05, 3.63) is 29.8 Å². The quantitative estimate of drug-likeness (QED) is 0.844. The number of anilines is 1. The minimum absolute atomic E-state index is 0.00463. The maximum Gasteiger partial charge on any atom is 0.236 e. The van der Waals surface area contributed by atoms with Crippen molar-refractivity contribution in [2.24, 2.45) is 0 Å². The highest BCUT2D eigenvalue weighted by molar-refractivity contribution is 5.90. The number of amides is 2. The molecule has 0 fully saturated rings. The molecule has 2 amide bonds. The van der Waals surface area contributed by atoms with Crippen LogP contribution < -0.4 is 5.32 Å². The fourth-order valence-electron chi connectivity index (χ4n) is 1.60. The van der Waals surface area contributed by atoms with Crippen molar-refractivity contribution in [2.45, 2.75) is 6.42 Å². The fourth-order valence-corrected chi connectivity index (χ4v) is 1.60. The first-order valence-corrected chi connectivity index (χ1v) is 6.61. The largest absolute Gasteiger partial charge is 0.348 e. The summed E-state index contributed by atoms with van der Waals surface area (Å²) in [6.07, 6.45) is 0.303. The summed E-state index contributed by atoms with van der Waals surface area (Å²) in [6, 6.07) is 8.70. The van der Waals surface area contributed by atoms with Crippen LogP contribution in [0.2, 0.25) is 0 Å². The van der Waals surface area contributed by atoms with Crippen LogP contribution in [0, 0.1) is 11.3 Å². The van der Waals surface area contributed by atoms with Gasteiger partial charge < -0.3 is 10.2 Å². The molecule has 6 heteroatoms. The van der Waals surface area contributed by atoms with Gasteiger partial charge in [0.25, 0.3) is 0 Å². The van der Waals surface area contributed by atoms with Gasteiger partial charge in [0, 0.05) is 32.7 Å². The van der Waals surface area contributed by atoms with Gasteiger partial charge in [-0.05, 0) is 31.3 Å². The summed E-state index contributed by atoms with van der Waals surface area (Å²) in [5, 5.41) is 11.4. The maximum atomic E-state index is 11.8. The molecule has 0 saturated heterocycles. The van der Waals surface area contributed by atoms with E-state index in [-0.39, 0.29) is 18.4 Å². The third kappa shape index (κ3) is 6.06. The van der Waals surface area contributed by atoms with Gasteiger partial charge in [0.2, 0.25) is 11.8 Å². The SMILES string of the molecule is CN(CCC(=O)Nc1ccc(C#N)cc1)CC(=O)N(C)C. The van der Waals surface area contributed by atoms with Crippen molar-refractivity contribution in [1.82, 2.24) is 9.80 Å². The van der Waals surface area contributed by atoms with Crippen LogP contribution in [-0.4, -0.2) is 55.8 Å². The van der Waals surface area contributed by atoms with Gasteiger partial charge in [0.05, 0.1) is 18.2 Å². The monoisotopic (exact) mass is 288 g/mol. The summed E-state index contributed by atoms with van der Waals surface area (Å²) in [5.74, 6) is -0.117. The smallest absolute Gasteiger partial charge is 0.236 e. The molecule has 0 aromatic heterocycles. The average molecular weight is 288 g/mol. The topological polar surface area (TPSA) is 76.4 Å². The molecular formula is C15H20N4O2. The Bertz CT molecular complexity index is 532. The molecule has 0 radical (unpaired) electrons. The van der Waals surface area contributed by atoms with Crippen molar-refractivity contribution < 1.29 is 9.59 Å². The summed E-state index contributed by atoms with van der Waals surface area (Å²) in [7, 11) is 5.21. The molecule has 112 valence electrons. The van der Waals surface area contributed by atoms with Crippen LogP contribution in [0.3, 0.4) is 0 Å². The number of nitrogens with zero attached hydrogens (tertiary/aromatic N) is 3. The number of hydrogen-bond acceptors (Lipinski definition) is 4. The molecule has 21 heavy (non-hydrogen) atoms. The number of rotatable bonds is 6. The zero-order valence-corrected chi connectivity index (χ0v) is 12.6. The van der Waals surface area contributed by atoms with Crippen molar-refractivity contribution in [3.8, 4) is 6.07 Å². The highest BCUT2D eigenvalue weighted by Gasteiger charge is 2.10. The normalized spacial score (nSPS) is 10.0. The van der Waals surface area contributed by atoms with Gasteiger partial charge >= 0.3 is 0 Å². The van der Waals surface area contributed by atoms with Crippen LogP contribution in [0.4, 0.5) is 5.69 Å². The Hall–Kier alpha value is -2.39. The van der Waals surface area contributed by atoms with E-state index in [1.54, 1.807) is 50.3 Å². The molecule has 0 atom stereocenters. The van der Waals surface area contributed by atoms with Crippen molar-refractivity contribution >= 4 is 17.5 Å². The Morgan fingerprint density at radius 1 is 1.19 bits per heavy atom. The Labute approximate surface area is 125 Å². The van der Waals surface area contributed by atoms with Gasteiger partial charge in [-0.15, -0.1) is 0 Å². The van der Waals surface area contributed by atoms with Gasteiger partial charge in [-0.1, -0.05) is 0 Å². The average Bonchev–Trinajstić information content (AvgIpc) is 2.45. The van der Waals surface area contributed by atoms with Gasteiger partial charge in [-0.25, -0.2) is 0 Å². The van der Waals surface area contributed by atoms with Crippen LogP contribution in [0.5, 0.6) is 0 Å². The number of carbonyl (C=O) groups excluding carboxylic acids is 2. The second-order valence-electron chi connectivity index (χ2n) is 5.01. The van der Waals surface area contributed by atoms with Crippen molar-refractivity contribution in [2.75, 3.05) is 39.5 Å². The molecule has 0 aliphatic heterocycles. The third-order valence-electron chi connectivity index (χ3n) is 2.92. The molecule has 1 aromatic rings. The number of carbonyl (C=O) groups is 2. The first-order valence-electron chi connectivity index (χ1n) is 6.61. The zero-order valence-electron chi connectivity index (χ0n) is 12.6. The first kappa shape index (κ1) is 16.7. The van der Waals surface area contributed by atoms with Gasteiger partial charge in [-0.3, -0.25) is 14.5 Å². The van der Waals surface area contributed by atoms with Gasteiger partial charge in [0.15, 0.2) is 0 Å².